The van der Waals surface area contributed by atoms with Crippen LogP contribution in [-0.4, -0.2) is 26.1 Å². The van der Waals surface area contributed by atoms with Gasteiger partial charge in [0, 0.05) is 37.8 Å². The van der Waals surface area contributed by atoms with E-state index in [-0.39, 0.29) is 6.04 Å². The van der Waals surface area contributed by atoms with Crippen molar-refractivity contribution >= 4 is 15.9 Å². The third kappa shape index (κ3) is 3.06. The van der Waals surface area contributed by atoms with Crippen LogP contribution < -0.4 is 5.32 Å². The molecule has 2 aromatic heterocycles. The number of nitrogens with zero attached hydrogens (tertiary/aromatic N) is 4. The van der Waals surface area contributed by atoms with Crippen molar-refractivity contribution in [3.63, 3.8) is 0 Å². The molecule has 0 fully saturated rings. The van der Waals surface area contributed by atoms with Crippen molar-refractivity contribution < 1.29 is 0 Å². The molecule has 0 bridgehead atoms. The highest BCUT2D eigenvalue weighted by Crippen LogP contribution is 2.28. The minimum atomic E-state index is 0.245. The van der Waals surface area contributed by atoms with E-state index in [0.29, 0.717) is 0 Å². The van der Waals surface area contributed by atoms with E-state index in [2.05, 4.69) is 52.2 Å². The fourth-order valence-electron chi connectivity index (χ4n) is 2.91. The maximum Gasteiger partial charge on any atom is 0.0738 e. The van der Waals surface area contributed by atoms with Gasteiger partial charge in [-0.25, -0.2) is 0 Å². The zero-order valence-electron chi connectivity index (χ0n) is 13.7. The van der Waals surface area contributed by atoms with Crippen molar-refractivity contribution in [3.05, 3.63) is 32.8 Å². The van der Waals surface area contributed by atoms with Crippen LogP contribution in [0, 0.1) is 20.8 Å². The lowest BCUT2D eigenvalue weighted by Crippen LogP contribution is -2.25. The normalized spacial score (nSPS) is 12.9. The maximum atomic E-state index is 4.55. The Balaban J connectivity index is 2.40. The van der Waals surface area contributed by atoms with E-state index < -0.39 is 0 Å². The first-order valence-electron chi connectivity index (χ1n) is 7.28. The van der Waals surface area contributed by atoms with E-state index in [1.54, 1.807) is 0 Å². The molecular weight excluding hydrogens is 330 g/mol. The standard InChI is InChI=1S/C15H24BrN5/c1-7-17-12(14-9(2)18-20(5)11(14)4)8-13-15(16)10(3)19-21(13)6/h12,17H,7-8H2,1-6H3. The third-order valence-electron chi connectivity index (χ3n) is 4.02. The summed E-state index contributed by atoms with van der Waals surface area (Å²) in [5, 5.41) is 12.6. The Hall–Kier alpha value is -1.14. The molecule has 0 saturated heterocycles. The summed E-state index contributed by atoms with van der Waals surface area (Å²) in [4.78, 5) is 0. The van der Waals surface area contributed by atoms with Crippen LogP contribution in [0.1, 0.15) is 41.3 Å². The van der Waals surface area contributed by atoms with Crippen molar-refractivity contribution in [3.8, 4) is 0 Å². The molecule has 2 heterocycles. The Morgan fingerprint density at radius 2 is 1.71 bits per heavy atom. The number of halogens is 1. The number of nitrogens with one attached hydrogen (secondary N) is 1. The lowest BCUT2D eigenvalue weighted by molar-refractivity contribution is 0.523. The van der Waals surface area contributed by atoms with Gasteiger partial charge >= 0.3 is 0 Å². The molecule has 21 heavy (non-hydrogen) atoms. The summed E-state index contributed by atoms with van der Waals surface area (Å²) in [6.45, 7) is 9.29. The van der Waals surface area contributed by atoms with Crippen LogP contribution in [0.15, 0.2) is 4.47 Å². The Morgan fingerprint density at radius 1 is 1.10 bits per heavy atom. The monoisotopic (exact) mass is 353 g/mol. The molecule has 1 unspecified atom stereocenters. The molecule has 0 aliphatic heterocycles. The lowest BCUT2D eigenvalue weighted by atomic mass is 9.99. The van der Waals surface area contributed by atoms with E-state index in [4.69, 9.17) is 0 Å². The summed E-state index contributed by atoms with van der Waals surface area (Å²) in [5.74, 6) is 0. The molecule has 116 valence electrons. The Kier molecular flexibility index (Phi) is 4.88. The zero-order valence-corrected chi connectivity index (χ0v) is 15.2. The third-order valence-corrected chi connectivity index (χ3v) is 5.05. The lowest BCUT2D eigenvalue weighted by Gasteiger charge is -2.19. The summed E-state index contributed by atoms with van der Waals surface area (Å²) >= 11 is 3.66. The average molecular weight is 354 g/mol. The summed E-state index contributed by atoms with van der Waals surface area (Å²) in [6.07, 6.45) is 0.888. The second kappa shape index (κ2) is 6.32. The highest BCUT2D eigenvalue weighted by molar-refractivity contribution is 9.10. The summed E-state index contributed by atoms with van der Waals surface area (Å²) in [6, 6.07) is 0.245. The van der Waals surface area contributed by atoms with E-state index in [9.17, 15) is 0 Å². The first kappa shape index (κ1) is 16.2. The van der Waals surface area contributed by atoms with Gasteiger partial charge in [0.25, 0.3) is 0 Å². The van der Waals surface area contributed by atoms with Gasteiger partial charge in [0.1, 0.15) is 0 Å². The van der Waals surface area contributed by atoms with Crippen molar-refractivity contribution in [2.45, 2.75) is 40.2 Å². The van der Waals surface area contributed by atoms with Crippen LogP contribution in [0.3, 0.4) is 0 Å². The number of likely N-dealkylation sites (N-methyl/N-ethyl adjacent to an activating group) is 1. The van der Waals surface area contributed by atoms with E-state index in [0.717, 1.165) is 28.8 Å². The van der Waals surface area contributed by atoms with E-state index in [1.165, 1.54) is 17.0 Å². The topological polar surface area (TPSA) is 47.7 Å². The van der Waals surface area contributed by atoms with Crippen LogP contribution in [0.25, 0.3) is 0 Å². The number of hydrogen-bond acceptors (Lipinski definition) is 3. The SMILES string of the molecule is CCNC(Cc1c(Br)c(C)nn1C)c1c(C)nn(C)c1C. The van der Waals surface area contributed by atoms with Crippen LogP contribution in [0.5, 0.6) is 0 Å². The maximum absolute atomic E-state index is 4.55. The number of hydrogen-bond donors (Lipinski definition) is 1. The second-order valence-electron chi connectivity index (χ2n) is 5.49. The first-order chi connectivity index (χ1) is 9.86. The number of aryl methyl sites for hydroxylation is 4. The first-order valence-corrected chi connectivity index (χ1v) is 8.07. The van der Waals surface area contributed by atoms with Gasteiger partial charge in [-0.1, -0.05) is 6.92 Å². The van der Waals surface area contributed by atoms with Gasteiger partial charge in [-0.3, -0.25) is 9.36 Å². The van der Waals surface area contributed by atoms with Gasteiger partial charge in [-0.15, -0.1) is 0 Å². The van der Waals surface area contributed by atoms with Crippen molar-refractivity contribution in [2.75, 3.05) is 6.54 Å². The van der Waals surface area contributed by atoms with E-state index in [1.807, 2.05) is 30.4 Å². The number of rotatable bonds is 5. The van der Waals surface area contributed by atoms with Gasteiger partial charge in [-0.2, -0.15) is 10.2 Å². The van der Waals surface area contributed by atoms with Gasteiger partial charge in [0.2, 0.25) is 0 Å². The van der Waals surface area contributed by atoms with Crippen LogP contribution in [-0.2, 0) is 20.5 Å². The van der Waals surface area contributed by atoms with Gasteiger partial charge in [-0.05, 0) is 43.2 Å². The van der Waals surface area contributed by atoms with Crippen molar-refractivity contribution in [1.29, 1.82) is 0 Å². The van der Waals surface area contributed by atoms with Gasteiger partial charge in [0.05, 0.1) is 21.6 Å². The fraction of sp³-hybridized carbons (Fsp3) is 0.600. The largest absolute Gasteiger partial charge is 0.310 e. The quantitative estimate of drug-likeness (QED) is 0.898. The molecule has 2 rings (SSSR count). The minimum Gasteiger partial charge on any atom is -0.310 e. The summed E-state index contributed by atoms with van der Waals surface area (Å²) in [7, 11) is 4.00. The zero-order chi connectivity index (χ0) is 15.7. The van der Waals surface area contributed by atoms with Crippen LogP contribution in [0.2, 0.25) is 0 Å². The van der Waals surface area contributed by atoms with Gasteiger partial charge in [0.15, 0.2) is 0 Å². The Morgan fingerprint density at radius 3 is 2.14 bits per heavy atom. The molecular formula is C15H24BrN5. The summed E-state index contributed by atoms with van der Waals surface area (Å²) in [5.41, 5.74) is 5.85. The molecule has 0 saturated carbocycles. The molecule has 0 aromatic carbocycles. The highest BCUT2D eigenvalue weighted by atomic mass is 79.9. The predicted molar refractivity (Wildman–Crippen MR) is 88.4 cm³/mol. The smallest absolute Gasteiger partial charge is 0.0738 e. The van der Waals surface area contributed by atoms with Gasteiger partial charge < -0.3 is 5.32 Å². The predicted octanol–water partition coefficient (Wildman–Crippen LogP) is 2.73. The molecule has 0 radical (unpaired) electrons. The minimum absolute atomic E-state index is 0.245. The van der Waals surface area contributed by atoms with Crippen molar-refractivity contribution in [1.82, 2.24) is 24.9 Å². The molecule has 2 aromatic rings. The molecule has 0 aliphatic rings. The van der Waals surface area contributed by atoms with Crippen LogP contribution in [0.4, 0.5) is 0 Å². The van der Waals surface area contributed by atoms with Crippen molar-refractivity contribution in [2.24, 2.45) is 14.1 Å². The molecule has 0 amide bonds. The number of aromatic nitrogens is 4. The molecule has 0 spiro atoms. The molecule has 5 nitrogen and oxygen atoms in total. The highest BCUT2D eigenvalue weighted by Gasteiger charge is 2.23. The fourth-order valence-corrected chi connectivity index (χ4v) is 3.41. The molecule has 1 atom stereocenters. The Bertz CT molecular complexity index is 641. The molecule has 6 heteroatoms. The Labute approximate surface area is 134 Å². The molecule has 1 N–H and O–H groups in total. The van der Waals surface area contributed by atoms with E-state index >= 15 is 0 Å². The summed E-state index contributed by atoms with van der Waals surface area (Å²) < 4.78 is 5.02. The van der Waals surface area contributed by atoms with Crippen LogP contribution >= 0.6 is 15.9 Å². The second-order valence-corrected chi connectivity index (χ2v) is 6.29. The average Bonchev–Trinajstić information content (AvgIpc) is 2.80. The molecule has 0 aliphatic carbocycles.